The number of aromatic nitrogens is 2. The Morgan fingerprint density at radius 3 is 2.60 bits per heavy atom. The van der Waals surface area contributed by atoms with Crippen molar-refractivity contribution in [3.8, 4) is 5.75 Å². The van der Waals surface area contributed by atoms with Crippen molar-refractivity contribution < 1.29 is 14.6 Å². The molecule has 0 amide bonds. The lowest BCUT2D eigenvalue weighted by Gasteiger charge is -2.13. The van der Waals surface area contributed by atoms with Gasteiger partial charge in [-0.15, -0.1) is 0 Å². The van der Waals surface area contributed by atoms with Crippen LogP contribution in [0.5, 0.6) is 5.75 Å². The number of carbonyl (C=O) groups is 1. The van der Waals surface area contributed by atoms with Gasteiger partial charge < -0.3 is 9.84 Å². The average Bonchev–Trinajstić information content (AvgIpc) is 3.07. The highest BCUT2D eigenvalue weighted by atomic mass is 16.5. The second kappa shape index (κ2) is 9.61. The summed E-state index contributed by atoms with van der Waals surface area (Å²) >= 11 is 0. The molecule has 1 aromatic heterocycles. The summed E-state index contributed by atoms with van der Waals surface area (Å²) in [4.78, 5) is 11.1. The summed E-state index contributed by atoms with van der Waals surface area (Å²) in [6, 6.07) is 12.0. The third kappa shape index (κ3) is 5.29. The van der Waals surface area contributed by atoms with Gasteiger partial charge in [0.2, 0.25) is 0 Å². The van der Waals surface area contributed by atoms with Crippen molar-refractivity contribution in [1.82, 2.24) is 9.78 Å². The molecule has 0 spiro atoms. The van der Waals surface area contributed by atoms with Crippen molar-refractivity contribution >= 4 is 16.9 Å². The summed E-state index contributed by atoms with van der Waals surface area (Å²) in [5.41, 5.74) is 4.44. The first-order chi connectivity index (χ1) is 14.4. The van der Waals surface area contributed by atoms with Crippen LogP contribution in [0, 0.1) is 12.8 Å². The van der Waals surface area contributed by atoms with Crippen LogP contribution >= 0.6 is 0 Å². The van der Waals surface area contributed by atoms with Crippen LogP contribution in [0.3, 0.4) is 0 Å². The maximum atomic E-state index is 11.1. The average molecular weight is 407 g/mol. The van der Waals surface area contributed by atoms with Crippen LogP contribution in [-0.2, 0) is 17.9 Å². The van der Waals surface area contributed by atoms with Gasteiger partial charge in [-0.2, -0.15) is 5.10 Å². The first-order valence-electron chi connectivity index (χ1n) is 10.4. The van der Waals surface area contributed by atoms with E-state index in [9.17, 15) is 4.79 Å². The van der Waals surface area contributed by atoms with Gasteiger partial charge in [0.1, 0.15) is 12.4 Å². The highest BCUT2D eigenvalue weighted by molar-refractivity contribution is 5.80. The molecule has 158 valence electrons. The van der Waals surface area contributed by atoms with Gasteiger partial charge in [-0.3, -0.25) is 9.48 Å². The quantitative estimate of drug-likeness (QED) is 0.462. The van der Waals surface area contributed by atoms with E-state index < -0.39 is 5.97 Å². The number of aryl methyl sites for hydroxylation is 1. The van der Waals surface area contributed by atoms with Gasteiger partial charge in [0.25, 0.3) is 0 Å². The largest absolute Gasteiger partial charge is 0.489 e. The zero-order valence-electron chi connectivity index (χ0n) is 18.1. The van der Waals surface area contributed by atoms with E-state index in [0.29, 0.717) is 12.5 Å². The standard InChI is InChI=1S/C25H30N2O3/c1-5-6-20(13-25(28)29)19-7-9-23(10-8-19)30-16-22-12-21-14-26-27(15-17(2)3)24(21)11-18(22)4/h5-12,14,17,20H,13,15-16H2,1-4H3,(H,28,29)/t20-/m1/s1. The van der Waals surface area contributed by atoms with Crippen molar-refractivity contribution in [1.29, 1.82) is 0 Å². The molecule has 0 aliphatic carbocycles. The zero-order chi connectivity index (χ0) is 21.7. The molecule has 5 nitrogen and oxygen atoms in total. The van der Waals surface area contributed by atoms with Gasteiger partial charge in [-0.05, 0) is 60.7 Å². The van der Waals surface area contributed by atoms with Gasteiger partial charge in [0.15, 0.2) is 0 Å². The molecule has 2 aromatic carbocycles. The first kappa shape index (κ1) is 21.6. The molecule has 3 aromatic rings. The highest BCUT2D eigenvalue weighted by Crippen LogP contribution is 2.26. The van der Waals surface area contributed by atoms with Crippen LogP contribution in [0.15, 0.2) is 54.7 Å². The van der Waals surface area contributed by atoms with Crippen LogP contribution < -0.4 is 4.74 Å². The van der Waals surface area contributed by atoms with Crippen LogP contribution in [0.2, 0.25) is 0 Å². The molecule has 0 unspecified atom stereocenters. The van der Waals surface area contributed by atoms with E-state index in [-0.39, 0.29) is 12.3 Å². The van der Waals surface area contributed by atoms with Gasteiger partial charge in [0, 0.05) is 17.8 Å². The Morgan fingerprint density at radius 2 is 1.97 bits per heavy atom. The molecular weight excluding hydrogens is 376 g/mol. The molecule has 0 aliphatic rings. The number of carboxylic acids is 1. The SMILES string of the molecule is CC=C[C@H](CC(=O)O)c1ccc(OCc2cc3cnn(CC(C)C)c3cc2C)cc1. The summed E-state index contributed by atoms with van der Waals surface area (Å²) in [5, 5.41) is 14.8. The molecule has 3 rings (SSSR count). The topological polar surface area (TPSA) is 64.3 Å². The maximum absolute atomic E-state index is 11.1. The van der Waals surface area contributed by atoms with Crippen LogP contribution in [-0.4, -0.2) is 20.9 Å². The lowest BCUT2D eigenvalue weighted by atomic mass is 9.95. The number of ether oxygens (including phenoxy) is 1. The molecule has 0 aliphatic heterocycles. The number of hydrogen-bond donors (Lipinski definition) is 1. The number of fused-ring (bicyclic) bond motifs is 1. The minimum absolute atomic E-state index is 0.0776. The van der Waals surface area contributed by atoms with Crippen molar-refractivity contribution in [2.45, 2.75) is 53.2 Å². The summed E-state index contributed by atoms with van der Waals surface area (Å²) in [7, 11) is 0. The number of nitrogens with zero attached hydrogens (tertiary/aromatic N) is 2. The van der Waals surface area contributed by atoms with Crippen molar-refractivity contribution in [2.75, 3.05) is 0 Å². The fourth-order valence-corrected chi connectivity index (χ4v) is 3.61. The van der Waals surface area contributed by atoms with Gasteiger partial charge in [0.05, 0.1) is 18.1 Å². The Morgan fingerprint density at radius 1 is 1.23 bits per heavy atom. The van der Waals surface area contributed by atoms with E-state index in [1.54, 1.807) is 0 Å². The second-order valence-electron chi connectivity index (χ2n) is 8.15. The van der Waals surface area contributed by atoms with Crippen molar-refractivity contribution in [3.05, 3.63) is 71.4 Å². The number of carboxylic acid groups (broad SMARTS) is 1. The van der Waals surface area contributed by atoms with E-state index in [1.807, 2.05) is 49.5 Å². The molecular formula is C25H30N2O3. The first-order valence-corrected chi connectivity index (χ1v) is 10.4. The molecule has 0 bridgehead atoms. The van der Waals surface area contributed by atoms with E-state index in [0.717, 1.165) is 34.3 Å². The van der Waals surface area contributed by atoms with Gasteiger partial charge in [-0.25, -0.2) is 0 Å². The normalized spacial score (nSPS) is 12.7. The number of allylic oxidation sites excluding steroid dienone is 2. The molecule has 0 saturated heterocycles. The number of rotatable bonds is 9. The highest BCUT2D eigenvalue weighted by Gasteiger charge is 2.13. The molecule has 30 heavy (non-hydrogen) atoms. The monoisotopic (exact) mass is 406 g/mol. The molecule has 1 N–H and O–H groups in total. The Kier molecular flexibility index (Phi) is 6.93. The molecule has 5 heteroatoms. The Hall–Kier alpha value is -3.08. The third-order valence-corrected chi connectivity index (χ3v) is 5.16. The van der Waals surface area contributed by atoms with Crippen LogP contribution in [0.4, 0.5) is 0 Å². The number of aliphatic carboxylic acids is 1. The summed E-state index contributed by atoms with van der Waals surface area (Å²) < 4.78 is 8.07. The van der Waals surface area contributed by atoms with E-state index in [4.69, 9.17) is 9.84 Å². The third-order valence-electron chi connectivity index (χ3n) is 5.16. The number of hydrogen-bond acceptors (Lipinski definition) is 3. The maximum Gasteiger partial charge on any atom is 0.304 e. The molecule has 1 heterocycles. The zero-order valence-corrected chi connectivity index (χ0v) is 18.1. The lowest BCUT2D eigenvalue weighted by Crippen LogP contribution is -2.06. The van der Waals surface area contributed by atoms with Gasteiger partial charge in [-0.1, -0.05) is 38.1 Å². The minimum atomic E-state index is -0.805. The lowest BCUT2D eigenvalue weighted by molar-refractivity contribution is -0.137. The predicted octanol–water partition coefficient (Wildman–Crippen LogP) is 5.71. The fraction of sp³-hybridized carbons (Fsp3) is 0.360. The predicted molar refractivity (Wildman–Crippen MR) is 120 cm³/mol. The second-order valence-corrected chi connectivity index (χ2v) is 8.15. The Labute approximate surface area is 178 Å². The summed E-state index contributed by atoms with van der Waals surface area (Å²) in [5.74, 6) is 0.375. The van der Waals surface area contributed by atoms with E-state index in [2.05, 4.69) is 42.7 Å². The van der Waals surface area contributed by atoms with E-state index in [1.165, 1.54) is 5.56 Å². The fourth-order valence-electron chi connectivity index (χ4n) is 3.61. The van der Waals surface area contributed by atoms with Crippen molar-refractivity contribution in [2.24, 2.45) is 5.92 Å². The van der Waals surface area contributed by atoms with Gasteiger partial charge >= 0.3 is 5.97 Å². The molecule has 0 fully saturated rings. The summed E-state index contributed by atoms with van der Waals surface area (Å²) in [6.07, 6.45) is 5.80. The van der Waals surface area contributed by atoms with Crippen LogP contribution in [0.25, 0.3) is 10.9 Å². The Bertz CT molecular complexity index is 1030. The Balaban J connectivity index is 1.71. The van der Waals surface area contributed by atoms with Crippen molar-refractivity contribution in [3.63, 3.8) is 0 Å². The van der Waals surface area contributed by atoms with E-state index >= 15 is 0 Å². The minimum Gasteiger partial charge on any atom is -0.489 e. The van der Waals surface area contributed by atoms with Crippen LogP contribution in [0.1, 0.15) is 49.8 Å². The molecule has 0 saturated carbocycles. The number of benzene rings is 2. The molecule has 1 atom stereocenters. The summed E-state index contributed by atoms with van der Waals surface area (Å²) in [6.45, 7) is 9.76. The smallest absolute Gasteiger partial charge is 0.304 e. The molecule has 0 radical (unpaired) electrons.